The number of halogens is 3. The van der Waals surface area contributed by atoms with E-state index in [-0.39, 0.29) is 70.5 Å². The fourth-order valence-corrected chi connectivity index (χ4v) is 4.99. The van der Waals surface area contributed by atoms with E-state index in [4.69, 9.17) is 9.72 Å². The zero-order chi connectivity index (χ0) is 27.1. The number of carbonyl (C=O) groups is 2. The molecule has 8 nitrogen and oxygen atoms in total. The van der Waals surface area contributed by atoms with E-state index < -0.39 is 11.7 Å². The molecule has 12 heteroatoms. The van der Waals surface area contributed by atoms with E-state index in [1.165, 1.54) is 12.1 Å². The third-order valence-corrected chi connectivity index (χ3v) is 7.18. The molecule has 0 bridgehead atoms. The lowest BCUT2D eigenvalue weighted by atomic mass is 9.77. The summed E-state index contributed by atoms with van der Waals surface area (Å²) in [6.07, 6.45) is -2.16. The minimum atomic E-state index is -4.42. The molecular formula is C28H42F3N5O3S. The summed E-state index contributed by atoms with van der Waals surface area (Å²) in [4.78, 5) is 38.0. The topological polar surface area (TPSA) is 87.7 Å². The van der Waals surface area contributed by atoms with Gasteiger partial charge in [0.2, 0.25) is 5.91 Å². The molecule has 224 valence electrons. The fourth-order valence-electron chi connectivity index (χ4n) is 4.99. The second kappa shape index (κ2) is 13.6. The van der Waals surface area contributed by atoms with Crippen LogP contribution in [0.4, 0.5) is 24.7 Å². The first-order valence-electron chi connectivity index (χ1n) is 12.3. The summed E-state index contributed by atoms with van der Waals surface area (Å²) in [5, 5.41) is 2.95. The van der Waals surface area contributed by atoms with Crippen molar-refractivity contribution in [3.63, 3.8) is 0 Å². The molecule has 1 N–H and O–H groups in total. The van der Waals surface area contributed by atoms with E-state index in [0.717, 1.165) is 36.5 Å². The summed E-state index contributed by atoms with van der Waals surface area (Å²) in [5.41, 5.74) is 0.613. The van der Waals surface area contributed by atoms with Crippen molar-refractivity contribution in [1.82, 2.24) is 14.9 Å². The van der Waals surface area contributed by atoms with E-state index in [1.54, 1.807) is 11.9 Å². The van der Waals surface area contributed by atoms with Gasteiger partial charge in [-0.1, -0.05) is 28.7 Å². The number of amides is 2. The molecule has 1 atom stereocenters. The lowest BCUT2D eigenvalue weighted by Crippen LogP contribution is -2.50. The van der Waals surface area contributed by atoms with Gasteiger partial charge in [0, 0.05) is 26.6 Å². The Balaban J connectivity index is 0.00000267. The number of ether oxygens (including phenoxy) is 1. The zero-order valence-corrected chi connectivity index (χ0v) is 23.1. The van der Waals surface area contributed by atoms with Crippen LogP contribution >= 0.6 is 13.5 Å². The highest BCUT2D eigenvalue weighted by atomic mass is 32.1. The number of carbonyl (C=O) groups excluding carboxylic acids is 2. The Morgan fingerprint density at radius 1 is 1.18 bits per heavy atom. The fraction of sp³-hybridized carbons (Fsp3) is 0.571. The second-order valence-corrected chi connectivity index (χ2v) is 10.2. The molecule has 0 radical (unpaired) electrons. The highest BCUT2D eigenvalue weighted by Gasteiger charge is 2.37. The Hall–Kier alpha value is -3.02. The normalized spacial score (nSPS) is 19.7. The number of likely N-dealkylation sites (N-methyl/N-ethyl adjacent to an activating group) is 2. The summed E-state index contributed by atoms with van der Waals surface area (Å²) >= 11 is 0. The zero-order valence-electron chi connectivity index (χ0n) is 22.1. The van der Waals surface area contributed by atoms with Gasteiger partial charge in [-0.3, -0.25) is 9.59 Å². The van der Waals surface area contributed by atoms with Crippen LogP contribution in [0.25, 0.3) is 0 Å². The first-order chi connectivity index (χ1) is 17.3. The summed E-state index contributed by atoms with van der Waals surface area (Å²) in [5.74, 6) is 1.80. The molecule has 2 aromatic rings. The largest absolute Gasteiger partial charge is 0.484 e. The van der Waals surface area contributed by atoms with Crippen molar-refractivity contribution in [2.45, 2.75) is 73.1 Å². The lowest BCUT2D eigenvalue weighted by molar-refractivity contribution is -0.138. The molecule has 1 aliphatic carbocycles. The van der Waals surface area contributed by atoms with Gasteiger partial charge in [0.1, 0.15) is 23.3 Å². The Bertz CT molecular complexity index is 1170. The van der Waals surface area contributed by atoms with Crippen molar-refractivity contribution < 1.29 is 27.5 Å². The molecular weight excluding hydrogens is 543 g/mol. The third-order valence-electron chi connectivity index (χ3n) is 7.18. The first kappa shape index (κ1) is 35.0. The minimum Gasteiger partial charge on any atom is -0.484 e. The van der Waals surface area contributed by atoms with Crippen LogP contribution in [-0.2, 0) is 22.2 Å². The molecule has 1 saturated carbocycles. The molecule has 2 amide bonds. The molecule has 4 rings (SSSR count). The van der Waals surface area contributed by atoms with Crippen molar-refractivity contribution in [3.05, 3.63) is 41.3 Å². The van der Waals surface area contributed by atoms with E-state index >= 15 is 0 Å². The van der Waals surface area contributed by atoms with Crippen molar-refractivity contribution in [2.24, 2.45) is 11.8 Å². The van der Waals surface area contributed by atoms with E-state index in [9.17, 15) is 22.8 Å². The third kappa shape index (κ3) is 7.38. The van der Waals surface area contributed by atoms with Crippen LogP contribution in [-0.4, -0.2) is 59.5 Å². The predicted molar refractivity (Wildman–Crippen MR) is 156 cm³/mol. The number of benzene rings is 1. The van der Waals surface area contributed by atoms with Crippen LogP contribution in [0.3, 0.4) is 0 Å². The van der Waals surface area contributed by atoms with Crippen LogP contribution < -0.4 is 15.0 Å². The lowest BCUT2D eigenvalue weighted by Gasteiger charge is -2.41. The Morgan fingerprint density at radius 2 is 1.77 bits per heavy atom. The standard InChI is InChI=1S/C26H32F3N5O3.2CH4.H2S/c1-14(2)23-25(36)32-22-15(3)30-20(31-24(22)34(23)5)12-16-10-18(11-16)33(4)21(35)13-37-19-8-6-17(7-9-19)26(27,28)29;;;/h6-9,14,16,18,23H,10-13H2,1-5H3,(H,32,36);2*1H4;1H2/t16?,18?,23-;;;/m0.../s1. The van der Waals surface area contributed by atoms with Gasteiger partial charge in [0.25, 0.3) is 5.91 Å². The number of fused-ring (bicyclic) bond motifs is 1. The molecule has 0 saturated heterocycles. The monoisotopic (exact) mass is 585 g/mol. The van der Waals surface area contributed by atoms with Crippen LogP contribution in [0.1, 0.15) is 58.6 Å². The minimum absolute atomic E-state index is 0. The Labute approximate surface area is 242 Å². The number of aryl methyl sites for hydroxylation is 1. The van der Waals surface area contributed by atoms with E-state index in [2.05, 4.69) is 10.3 Å². The number of nitrogens with one attached hydrogen (secondary N) is 1. The summed E-state index contributed by atoms with van der Waals surface area (Å²) < 4.78 is 43.5. The molecule has 40 heavy (non-hydrogen) atoms. The molecule has 2 aliphatic rings. The van der Waals surface area contributed by atoms with Gasteiger partial charge in [-0.15, -0.1) is 0 Å². The van der Waals surface area contributed by atoms with Crippen molar-refractivity contribution in [1.29, 1.82) is 0 Å². The SMILES string of the molecule is C.C.Cc1nc(CC2CC(N(C)C(=O)COc3ccc(C(F)(F)F)cc3)C2)nc2c1NC(=O)[C@H](C(C)C)N2C.S. The molecule has 0 spiro atoms. The van der Waals surface area contributed by atoms with Gasteiger partial charge in [-0.2, -0.15) is 26.7 Å². The molecule has 1 aromatic heterocycles. The Morgan fingerprint density at radius 3 is 2.33 bits per heavy atom. The molecule has 1 aliphatic heterocycles. The van der Waals surface area contributed by atoms with Crippen molar-refractivity contribution >= 4 is 36.8 Å². The highest BCUT2D eigenvalue weighted by molar-refractivity contribution is 7.59. The first-order valence-corrected chi connectivity index (χ1v) is 12.3. The predicted octanol–water partition coefficient (Wildman–Crippen LogP) is 5.46. The van der Waals surface area contributed by atoms with E-state index in [0.29, 0.717) is 23.9 Å². The average Bonchev–Trinajstić information content (AvgIpc) is 2.79. The number of aromatic nitrogens is 2. The molecule has 1 aromatic carbocycles. The number of hydrogen-bond acceptors (Lipinski definition) is 6. The van der Waals surface area contributed by atoms with Gasteiger partial charge in [0.15, 0.2) is 12.4 Å². The van der Waals surface area contributed by atoms with Gasteiger partial charge in [0.05, 0.1) is 11.3 Å². The van der Waals surface area contributed by atoms with Crippen molar-refractivity contribution in [2.75, 3.05) is 30.9 Å². The second-order valence-electron chi connectivity index (χ2n) is 10.2. The van der Waals surface area contributed by atoms with Crippen LogP contribution in [0, 0.1) is 18.8 Å². The van der Waals surface area contributed by atoms with Crippen LogP contribution in [0.5, 0.6) is 5.75 Å². The van der Waals surface area contributed by atoms with E-state index in [1.807, 2.05) is 32.7 Å². The summed E-state index contributed by atoms with van der Waals surface area (Å²) in [7, 11) is 3.59. The van der Waals surface area contributed by atoms with Crippen LogP contribution in [0.2, 0.25) is 0 Å². The van der Waals surface area contributed by atoms with Gasteiger partial charge < -0.3 is 19.9 Å². The van der Waals surface area contributed by atoms with Gasteiger partial charge >= 0.3 is 6.18 Å². The maximum absolute atomic E-state index is 12.7. The maximum atomic E-state index is 12.7. The number of nitrogens with zero attached hydrogens (tertiary/aromatic N) is 4. The smallest absolute Gasteiger partial charge is 0.416 e. The maximum Gasteiger partial charge on any atom is 0.416 e. The number of anilines is 2. The number of hydrogen-bond donors (Lipinski definition) is 1. The summed E-state index contributed by atoms with van der Waals surface area (Å²) in [6, 6.07) is 4.04. The van der Waals surface area contributed by atoms with Gasteiger partial charge in [-0.25, -0.2) is 9.97 Å². The number of alkyl halides is 3. The van der Waals surface area contributed by atoms with Crippen LogP contribution in [0.15, 0.2) is 24.3 Å². The Kier molecular flexibility index (Phi) is 11.9. The summed E-state index contributed by atoms with van der Waals surface area (Å²) in [6.45, 7) is 5.62. The van der Waals surface area contributed by atoms with Gasteiger partial charge in [-0.05, 0) is 55.9 Å². The quantitative estimate of drug-likeness (QED) is 0.465. The average molecular weight is 586 g/mol. The molecule has 1 fully saturated rings. The number of rotatable bonds is 7. The van der Waals surface area contributed by atoms with Crippen molar-refractivity contribution in [3.8, 4) is 5.75 Å². The highest BCUT2D eigenvalue weighted by Crippen LogP contribution is 2.37. The molecule has 2 heterocycles. The molecule has 0 unspecified atom stereocenters.